The lowest BCUT2D eigenvalue weighted by molar-refractivity contribution is 0.108. The number of benzene rings is 1. The second-order valence-corrected chi connectivity index (χ2v) is 3.39. The van der Waals surface area contributed by atoms with E-state index in [1.54, 1.807) is 12.1 Å². The van der Waals surface area contributed by atoms with Crippen molar-refractivity contribution in [2.45, 2.75) is 0 Å². The van der Waals surface area contributed by atoms with Gasteiger partial charge in [0.15, 0.2) is 0 Å². The molecule has 0 unspecified atom stereocenters. The molecule has 0 bridgehead atoms. The molecular weight excluding hydrogens is 202 g/mol. The van der Waals surface area contributed by atoms with Crippen LogP contribution in [0, 0.1) is 0 Å². The summed E-state index contributed by atoms with van der Waals surface area (Å²) in [4.78, 5) is 22.2. The predicted octanol–water partition coefficient (Wildman–Crippen LogP) is 1.60. The molecule has 0 atom stereocenters. The average Bonchev–Trinajstić information content (AvgIpc) is 2.18. The molecule has 1 rings (SSSR count). The summed E-state index contributed by atoms with van der Waals surface area (Å²) in [6, 6.07) is 6.10. The molecule has 1 aromatic rings. The number of phenols is 1. The number of carbonyl (C=O) groups is 2. The number of aromatic hydroxyl groups is 1. The SMILES string of the molecule is CNC(=O)SC(=O)c1ccccc1O. The van der Waals surface area contributed by atoms with Gasteiger partial charge in [-0.3, -0.25) is 9.59 Å². The van der Waals surface area contributed by atoms with Crippen LogP contribution in [-0.2, 0) is 0 Å². The number of para-hydroxylation sites is 1. The zero-order valence-electron chi connectivity index (χ0n) is 7.48. The highest BCUT2D eigenvalue weighted by atomic mass is 32.2. The van der Waals surface area contributed by atoms with Crippen LogP contribution < -0.4 is 5.32 Å². The van der Waals surface area contributed by atoms with Gasteiger partial charge in [0.05, 0.1) is 5.56 Å². The highest BCUT2D eigenvalue weighted by molar-refractivity contribution is 8.26. The summed E-state index contributed by atoms with van der Waals surface area (Å²) in [6.45, 7) is 0. The van der Waals surface area contributed by atoms with Crippen LogP contribution in [-0.4, -0.2) is 22.5 Å². The van der Waals surface area contributed by atoms with E-state index in [1.165, 1.54) is 19.2 Å². The van der Waals surface area contributed by atoms with Crippen molar-refractivity contribution in [2.24, 2.45) is 0 Å². The number of hydrogen-bond acceptors (Lipinski definition) is 4. The Labute approximate surface area is 85.3 Å². The highest BCUT2D eigenvalue weighted by Gasteiger charge is 2.14. The van der Waals surface area contributed by atoms with Crippen LogP contribution >= 0.6 is 11.8 Å². The van der Waals surface area contributed by atoms with Gasteiger partial charge in [-0.15, -0.1) is 0 Å². The van der Waals surface area contributed by atoms with Gasteiger partial charge >= 0.3 is 0 Å². The zero-order chi connectivity index (χ0) is 10.6. The van der Waals surface area contributed by atoms with Crippen molar-refractivity contribution in [1.29, 1.82) is 0 Å². The summed E-state index contributed by atoms with van der Waals surface area (Å²) in [6.07, 6.45) is 0. The minimum atomic E-state index is -0.470. The molecule has 1 aromatic carbocycles. The summed E-state index contributed by atoms with van der Waals surface area (Å²) < 4.78 is 0. The molecule has 0 aliphatic heterocycles. The highest BCUT2D eigenvalue weighted by Crippen LogP contribution is 2.21. The minimum Gasteiger partial charge on any atom is -0.507 e. The molecule has 0 saturated carbocycles. The molecule has 0 fully saturated rings. The van der Waals surface area contributed by atoms with Crippen LogP contribution in [0.2, 0.25) is 0 Å². The maximum Gasteiger partial charge on any atom is 0.286 e. The second-order valence-electron chi connectivity index (χ2n) is 2.44. The molecule has 0 aromatic heterocycles. The lowest BCUT2D eigenvalue weighted by Crippen LogP contribution is -2.13. The van der Waals surface area contributed by atoms with E-state index >= 15 is 0 Å². The number of nitrogens with one attached hydrogen (secondary N) is 1. The fourth-order valence-electron chi connectivity index (χ4n) is 0.836. The zero-order valence-corrected chi connectivity index (χ0v) is 8.30. The van der Waals surface area contributed by atoms with Gasteiger partial charge in [-0.05, 0) is 12.1 Å². The third-order valence-electron chi connectivity index (χ3n) is 1.51. The molecule has 0 aliphatic rings. The Morgan fingerprint density at radius 2 is 2.00 bits per heavy atom. The second kappa shape index (κ2) is 4.66. The smallest absolute Gasteiger partial charge is 0.286 e. The number of thioether (sulfide) groups is 1. The molecule has 0 spiro atoms. The number of rotatable bonds is 1. The van der Waals surface area contributed by atoms with Gasteiger partial charge in [0.2, 0.25) is 5.12 Å². The Kier molecular flexibility index (Phi) is 3.53. The lowest BCUT2D eigenvalue weighted by atomic mass is 10.2. The lowest BCUT2D eigenvalue weighted by Gasteiger charge is -2.01. The van der Waals surface area contributed by atoms with Gasteiger partial charge in [0.25, 0.3) is 5.24 Å². The molecule has 2 N–H and O–H groups in total. The van der Waals surface area contributed by atoms with E-state index < -0.39 is 10.4 Å². The normalized spacial score (nSPS) is 9.50. The van der Waals surface area contributed by atoms with Gasteiger partial charge in [0.1, 0.15) is 5.75 Å². The van der Waals surface area contributed by atoms with Crippen molar-refractivity contribution in [2.75, 3.05) is 7.05 Å². The molecule has 0 aliphatic carbocycles. The first-order valence-electron chi connectivity index (χ1n) is 3.87. The van der Waals surface area contributed by atoms with Gasteiger partial charge in [0, 0.05) is 18.8 Å². The van der Waals surface area contributed by atoms with Gasteiger partial charge < -0.3 is 10.4 Å². The average molecular weight is 211 g/mol. The monoisotopic (exact) mass is 211 g/mol. The Hall–Kier alpha value is -1.49. The number of amides is 1. The van der Waals surface area contributed by atoms with Crippen molar-refractivity contribution in [3.8, 4) is 5.75 Å². The van der Waals surface area contributed by atoms with E-state index in [1.807, 2.05) is 0 Å². The van der Waals surface area contributed by atoms with Crippen LogP contribution in [0.4, 0.5) is 4.79 Å². The number of phenolic OH excluding ortho intramolecular Hbond substituents is 1. The predicted molar refractivity (Wildman–Crippen MR) is 54.5 cm³/mol. The Balaban J connectivity index is 2.80. The molecule has 0 heterocycles. The molecule has 0 saturated heterocycles. The van der Waals surface area contributed by atoms with E-state index in [-0.39, 0.29) is 11.3 Å². The van der Waals surface area contributed by atoms with Crippen LogP contribution in [0.3, 0.4) is 0 Å². The first kappa shape index (κ1) is 10.6. The third kappa shape index (κ3) is 2.50. The summed E-state index contributed by atoms with van der Waals surface area (Å²) in [7, 11) is 1.44. The van der Waals surface area contributed by atoms with E-state index in [0.717, 1.165) is 0 Å². The summed E-state index contributed by atoms with van der Waals surface area (Å²) >= 11 is 0.518. The van der Waals surface area contributed by atoms with Crippen LogP contribution in [0.25, 0.3) is 0 Å². The third-order valence-corrected chi connectivity index (χ3v) is 2.31. The molecule has 1 amide bonds. The van der Waals surface area contributed by atoms with Crippen LogP contribution in [0.15, 0.2) is 24.3 Å². The molecule has 74 valence electrons. The fourth-order valence-corrected chi connectivity index (χ4v) is 1.39. The van der Waals surface area contributed by atoms with Gasteiger partial charge in [-0.25, -0.2) is 0 Å². The first-order valence-corrected chi connectivity index (χ1v) is 4.68. The van der Waals surface area contributed by atoms with E-state index in [0.29, 0.717) is 11.8 Å². The molecule has 0 radical (unpaired) electrons. The maximum atomic E-state index is 11.4. The first-order chi connectivity index (χ1) is 6.65. The Morgan fingerprint density at radius 3 is 2.57 bits per heavy atom. The number of carbonyl (C=O) groups excluding carboxylic acids is 2. The molecule has 5 heteroatoms. The van der Waals surface area contributed by atoms with Crippen LogP contribution in [0.5, 0.6) is 5.75 Å². The van der Waals surface area contributed by atoms with Crippen molar-refractivity contribution in [1.82, 2.24) is 5.32 Å². The summed E-state index contributed by atoms with van der Waals surface area (Å²) in [5, 5.41) is 10.7. The molecule has 4 nitrogen and oxygen atoms in total. The van der Waals surface area contributed by atoms with E-state index in [4.69, 9.17) is 0 Å². The van der Waals surface area contributed by atoms with E-state index in [9.17, 15) is 14.7 Å². The van der Waals surface area contributed by atoms with Crippen molar-refractivity contribution >= 4 is 22.1 Å². The van der Waals surface area contributed by atoms with Gasteiger partial charge in [-0.2, -0.15) is 0 Å². The summed E-state index contributed by atoms with van der Waals surface area (Å²) in [5.41, 5.74) is 0.140. The van der Waals surface area contributed by atoms with Crippen molar-refractivity contribution in [3.05, 3.63) is 29.8 Å². The molecule has 14 heavy (non-hydrogen) atoms. The largest absolute Gasteiger partial charge is 0.507 e. The van der Waals surface area contributed by atoms with Crippen molar-refractivity contribution in [3.63, 3.8) is 0 Å². The summed E-state index contributed by atoms with van der Waals surface area (Å²) in [5.74, 6) is -0.117. The standard InChI is InChI=1S/C9H9NO3S/c1-10-9(13)14-8(12)6-4-2-3-5-7(6)11/h2-5,11H,1H3,(H,10,13). The quantitative estimate of drug-likeness (QED) is 0.740. The Morgan fingerprint density at radius 1 is 1.36 bits per heavy atom. The number of hydrogen-bond donors (Lipinski definition) is 2. The molecular formula is C9H9NO3S. The van der Waals surface area contributed by atoms with Crippen LogP contribution in [0.1, 0.15) is 10.4 Å². The van der Waals surface area contributed by atoms with E-state index in [2.05, 4.69) is 5.32 Å². The minimum absolute atomic E-state index is 0.117. The maximum absolute atomic E-state index is 11.4. The fraction of sp³-hybridized carbons (Fsp3) is 0.111. The van der Waals surface area contributed by atoms with Gasteiger partial charge in [-0.1, -0.05) is 12.1 Å². The topological polar surface area (TPSA) is 66.4 Å². The Bertz CT molecular complexity index is 365. The van der Waals surface area contributed by atoms with Crippen molar-refractivity contribution < 1.29 is 14.7 Å².